The number of aromatic amines is 1. The van der Waals surface area contributed by atoms with Crippen molar-refractivity contribution >= 4 is 10.9 Å². The van der Waals surface area contributed by atoms with Crippen LogP contribution in [0.2, 0.25) is 0 Å². The van der Waals surface area contributed by atoms with Crippen molar-refractivity contribution in [3.63, 3.8) is 0 Å². The van der Waals surface area contributed by atoms with E-state index in [2.05, 4.69) is 18.8 Å². The highest BCUT2D eigenvalue weighted by Crippen LogP contribution is 2.19. The standard InChI is InChI=1S/C21H24N2O2/c1-3-23(4-2)14-17-12-15(9-10-20(17)24)11-16-13-22-19-8-6-5-7-18(19)21(16)25/h5-10,12-13,24H,3-4,11,14H2,1-2H3,(H,22,25)/p+1. The molecule has 0 unspecified atom stereocenters. The number of benzene rings is 2. The maximum Gasteiger partial charge on any atom is 0.192 e. The molecule has 0 saturated heterocycles. The van der Waals surface area contributed by atoms with Crippen molar-refractivity contribution in [2.45, 2.75) is 26.8 Å². The van der Waals surface area contributed by atoms with Gasteiger partial charge in [-0.25, -0.2) is 0 Å². The molecule has 0 aliphatic heterocycles. The summed E-state index contributed by atoms with van der Waals surface area (Å²) in [7, 11) is 0. The van der Waals surface area contributed by atoms with Gasteiger partial charge in [-0.3, -0.25) is 4.79 Å². The van der Waals surface area contributed by atoms with E-state index < -0.39 is 0 Å². The zero-order chi connectivity index (χ0) is 17.8. The second-order valence-electron chi connectivity index (χ2n) is 6.46. The van der Waals surface area contributed by atoms with Gasteiger partial charge in [0, 0.05) is 34.6 Å². The highest BCUT2D eigenvalue weighted by molar-refractivity contribution is 5.78. The van der Waals surface area contributed by atoms with Crippen LogP contribution >= 0.6 is 0 Å². The van der Waals surface area contributed by atoms with Crippen LogP contribution in [-0.2, 0) is 13.0 Å². The van der Waals surface area contributed by atoms with Crippen LogP contribution in [0.15, 0.2) is 53.5 Å². The Labute approximate surface area is 147 Å². The molecule has 3 aromatic rings. The Morgan fingerprint density at radius 3 is 2.56 bits per heavy atom. The lowest BCUT2D eigenvalue weighted by molar-refractivity contribution is -0.910. The van der Waals surface area contributed by atoms with Crippen molar-refractivity contribution in [1.82, 2.24) is 4.98 Å². The van der Waals surface area contributed by atoms with E-state index in [1.807, 2.05) is 36.4 Å². The summed E-state index contributed by atoms with van der Waals surface area (Å²) in [5, 5.41) is 10.9. The Kier molecular flexibility index (Phi) is 5.19. The van der Waals surface area contributed by atoms with Gasteiger partial charge in [0.2, 0.25) is 0 Å². The number of para-hydroxylation sites is 1. The third-order valence-corrected chi connectivity index (χ3v) is 4.84. The monoisotopic (exact) mass is 337 g/mol. The molecule has 3 N–H and O–H groups in total. The molecule has 4 nitrogen and oxygen atoms in total. The number of nitrogens with one attached hydrogen (secondary N) is 2. The van der Waals surface area contributed by atoms with Crippen molar-refractivity contribution in [1.29, 1.82) is 0 Å². The highest BCUT2D eigenvalue weighted by Gasteiger charge is 2.11. The van der Waals surface area contributed by atoms with Crippen LogP contribution in [0.5, 0.6) is 5.75 Å². The van der Waals surface area contributed by atoms with Gasteiger partial charge in [-0.05, 0) is 43.7 Å². The van der Waals surface area contributed by atoms with E-state index in [1.54, 1.807) is 12.3 Å². The summed E-state index contributed by atoms with van der Waals surface area (Å²) < 4.78 is 0. The fourth-order valence-electron chi connectivity index (χ4n) is 3.22. The van der Waals surface area contributed by atoms with Crippen molar-refractivity contribution in [3.05, 3.63) is 75.6 Å². The minimum absolute atomic E-state index is 0.0679. The Morgan fingerprint density at radius 2 is 1.80 bits per heavy atom. The quantitative estimate of drug-likeness (QED) is 0.646. The summed E-state index contributed by atoms with van der Waals surface area (Å²) in [6.45, 7) is 7.12. The molecule has 3 rings (SSSR count). The van der Waals surface area contributed by atoms with Crippen LogP contribution in [0.1, 0.15) is 30.5 Å². The average molecular weight is 337 g/mol. The normalized spacial score (nSPS) is 11.3. The van der Waals surface area contributed by atoms with Crippen LogP contribution in [0.25, 0.3) is 10.9 Å². The number of H-pyrrole nitrogens is 1. The summed E-state index contributed by atoms with van der Waals surface area (Å²) in [4.78, 5) is 17.3. The SMILES string of the molecule is CC[NH+](CC)Cc1cc(Cc2c[nH]c3ccccc3c2=O)ccc1O. The second kappa shape index (κ2) is 7.53. The number of fused-ring (bicyclic) bond motifs is 1. The lowest BCUT2D eigenvalue weighted by atomic mass is 10.0. The summed E-state index contributed by atoms with van der Waals surface area (Å²) >= 11 is 0. The molecule has 2 aromatic carbocycles. The summed E-state index contributed by atoms with van der Waals surface area (Å²) in [5.41, 5.74) is 3.64. The number of hydrogen-bond donors (Lipinski definition) is 3. The van der Waals surface area contributed by atoms with Crippen LogP contribution in [0.3, 0.4) is 0 Å². The van der Waals surface area contributed by atoms with Gasteiger partial charge in [0.25, 0.3) is 0 Å². The Balaban J connectivity index is 1.91. The van der Waals surface area contributed by atoms with E-state index in [1.165, 1.54) is 4.90 Å². The smallest absolute Gasteiger partial charge is 0.192 e. The van der Waals surface area contributed by atoms with Crippen molar-refractivity contribution in [2.75, 3.05) is 13.1 Å². The van der Waals surface area contributed by atoms with Crippen LogP contribution < -0.4 is 10.3 Å². The molecule has 0 atom stereocenters. The molecular weight excluding hydrogens is 312 g/mol. The molecule has 0 fully saturated rings. The number of hydrogen-bond acceptors (Lipinski definition) is 2. The van der Waals surface area contributed by atoms with Gasteiger partial charge >= 0.3 is 0 Å². The number of phenols is 1. The Bertz CT molecular complexity index is 927. The Hall–Kier alpha value is -2.59. The molecule has 0 radical (unpaired) electrons. The predicted octanol–water partition coefficient (Wildman–Crippen LogP) is 2.25. The van der Waals surface area contributed by atoms with Crippen LogP contribution in [0, 0.1) is 0 Å². The van der Waals surface area contributed by atoms with Gasteiger partial charge in [-0.1, -0.05) is 18.2 Å². The van der Waals surface area contributed by atoms with Crippen molar-refractivity contribution in [3.8, 4) is 5.75 Å². The molecule has 0 spiro atoms. The van der Waals surface area contributed by atoms with Gasteiger partial charge in [-0.15, -0.1) is 0 Å². The van der Waals surface area contributed by atoms with Gasteiger partial charge < -0.3 is 15.0 Å². The maximum atomic E-state index is 12.7. The molecular formula is C21H25N2O2+. The molecule has 0 aliphatic carbocycles. The van der Waals surface area contributed by atoms with E-state index in [4.69, 9.17) is 0 Å². The first-order valence-corrected chi connectivity index (χ1v) is 8.86. The molecule has 0 aliphatic rings. The van der Waals surface area contributed by atoms with Gasteiger partial charge in [0.05, 0.1) is 13.1 Å². The zero-order valence-corrected chi connectivity index (χ0v) is 14.8. The molecule has 25 heavy (non-hydrogen) atoms. The molecule has 130 valence electrons. The number of rotatable bonds is 6. The van der Waals surface area contributed by atoms with Crippen LogP contribution in [0.4, 0.5) is 0 Å². The molecule has 1 aromatic heterocycles. The third kappa shape index (κ3) is 3.74. The van der Waals surface area contributed by atoms with Crippen LogP contribution in [-0.4, -0.2) is 23.2 Å². The first-order valence-electron chi connectivity index (χ1n) is 8.86. The summed E-state index contributed by atoms with van der Waals surface area (Å²) in [6, 6.07) is 13.2. The fourth-order valence-corrected chi connectivity index (χ4v) is 3.22. The lowest BCUT2D eigenvalue weighted by Gasteiger charge is -2.16. The van der Waals surface area contributed by atoms with E-state index in [0.29, 0.717) is 17.6 Å². The van der Waals surface area contributed by atoms with E-state index in [0.717, 1.165) is 41.8 Å². The minimum atomic E-state index is 0.0679. The first-order chi connectivity index (χ1) is 12.1. The second-order valence-corrected chi connectivity index (χ2v) is 6.46. The number of pyridine rings is 1. The minimum Gasteiger partial charge on any atom is -0.507 e. The van der Waals surface area contributed by atoms with Crippen molar-refractivity contribution < 1.29 is 10.0 Å². The number of aromatic nitrogens is 1. The van der Waals surface area contributed by atoms with E-state index in [9.17, 15) is 9.90 Å². The van der Waals surface area contributed by atoms with E-state index in [-0.39, 0.29) is 5.43 Å². The number of phenolic OH excluding ortho intramolecular Hbond substituents is 1. The van der Waals surface area contributed by atoms with Gasteiger partial charge in [-0.2, -0.15) is 0 Å². The van der Waals surface area contributed by atoms with Gasteiger partial charge in [0.1, 0.15) is 12.3 Å². The highest BCUT2D eigenvalue weighted by atomic mass is 16.3. The number of aromatic hydroxyl groups is 1. The van der Waals surface area contributed by atoms with Gasteiger partial charge in [0.15, 0.2) is 5.43 Å². The molecule has 0 amide bonds. The Morgan fingerprint density at radius 1 is 1.04 bits per heavy atom. The lowest BCUT2D eigenvalue weighted by Crippen LogP contribution is -3.10. The van der Waals surface area contributed by atoms with Crippen molar-refractivity contribution in [2.24, 2.45) is 0 Å². The fraction of sp³-hybridized carbons (Fsp3) is 0.286. The molecule has 0 bridgehead atoms. The summed E-state index contributed by atoms with van der Waals surface area (Å²) in [5.74, 6) is 0.329. The summed E-state index contributed by atoms with van der Waals surface area (Å²) in [6.07, 6.45) is 2.36. The zero-order valence-electron chi connectivity index (χ0n) is 14.8. The average Bonchev–Trinajstić information content (AvgIpc) is 2.64. The topological polar surface area (TPSA) is 57.5 Å². The van der Waals surface area contributed by atoms with E-state index >= 15 is 0 Å². The largest absolute Gasteiger partial charge is 0.507 e. The third-order valence-electron chi connectivity index (χ3n) is 4.84. The first kappa shape index (κ1) is 17.2. The molecule has 0 saturated carbocycles. The number of quaternary nitrogens is 1. The predicted molar refractivity (Wildman–Crippen MR) is 101 cm³/mol. The molecule has 4 heteroatoms. The molecule has 1 heterocycles. The maximum absolute atomic E-state index is 12.7.